The summed E-state index contributed by atoms with van der Waals surface area (Å²) in [6.45, 7) is 2.96. The maximum absolute atomic E-state index is 5.85. The maximum Gasteiger partial charge on any atom is 0.135 e. The predicted molar refractivity (Wildman–Crippen MR) is 81.2 cm³/mol. The average Bonchev–Trinajstić information content (AvgIpc) is 3.03. The smallest absolute Gasteiger partial charge is 0.135 e. The average molecular weight is 267 g/mol. The molecule has 1 aliphatic rings. The van der Waals surface area contributed by atoms with E-state index in [4.69, 9.17) is 9.15 Å². The second kappa shape index (κ2) is 4.53. The first-order valence-electron chi connectivity index (χ1n) is 7.11. The van der Waals surface area contributed by atoms with Crippen molar-refractivity contribution in [1.29, 1.82) is 0 Å². The topological polar surface area (TPSA) is 34.4 Å². The molecular weight excluding hydrogens is 250 g/mol. The lowest BCUT2D eigenvalue weighted by atomic mass is 10.1. The summed E-state index contributed by atoms with van der Waals surface area (Å²) < 4.78 is 11.4. The molecule has 2 heterocycles. The van der Waals surface area contributed by atoms with Gasteiger partial charge in [0.25, 0.3) is 0 Å². The molecule has 0 radical (unpaired) electrons. The molecule has 20 heavy (non-hydrogen) atoms. The van der Waals surface area contributed by atoms with Crippen LogP contribution >= 0.6 is 0 Å². The SMILES string of the molecule is CC1OCCC1Nc1ccc2oc3ccccc3c2c1. The van der Waals surface area contributed by atoms with Crippen molar-refractivity contribution in [1.82, 2.24) is 0 Å². The van der Waals surface area contributed by atoms with Crippen molar-refractivity contribution in [3.8, 4) is 0 Å². The standard InChI is InChI=1S/C17H17NO2/c1-11-15(8-9-19-11)18-12-6-7-17-14(10-12)13-4-2-3-5-16(13)20-17/h2-7,10-11,15,18H,8-9H2,1H3. The minimum atomic E-state index is 0.270. The molecule has 0 bridgehead atoms. The minimum absolute atomic E-state index is 0.270. The normalized spacial score (nSPS) is 22.6. The molecule has 1 aliphatic heterocycles. The van der Waals surface area contributed by atoms with Crippen LogP contribution in [0.2, 0.25) is 0 Å². The Morgan fingerprint density at radius 1 is 1.05 bits per heavy atom. The number of hydrogen-bond donors (Lipinski definition) is 1. The van der Waals surface area contributed by atoms with Crippen LogP contribution in [0, 0.1) is 0 Å². The Hall–Kier alpha value is -2.00. The van der Waals surface area contributed by atoms with Gasteiger partial charge >= 0.3 is 0 Å². The third-order valence-electron chi connectivity index (χ3n) is 4.11. The Kier molecular flexibility index (Phi) is 2.67. The van der Waals surface area contributed by atoms with E-state index in [9.17, 15) is 0 Å². The first-order chi connectivity index (χ1) is 9.81. The van der Waals surface area contributed by atoms with Gasteiger partial charge in [-0.3, -0.25) is 0 Å². The molecule has 4 rings (SSSR count). The van der Waals surface area contributed by atoms with Crippen molar-refractivity contribution in [2.45, 2.75) is 25.5 Å². The number of anilines is 1. The van der Waals surface area contributed by atoms with Crippen molar-refractivity contribution in [2.24, 2.45) is 0 Å². The molecule has 2 unspecified atom stereocenters. The van der Waals surface area contributed by atoms with E-state index >= 15 is 0 Å². The highest BCUT2D eigenvalue weighted by Crippen LogP contribution is 2.31. The fourth-order valence-electron chi connectivity index (χ4n) is 2.95. The second-order valence-electron chi connectivity index (χ2n) is 5.42. The van der Waals surface area contributed by atoms with Crippen LogP contribution in [0.3, 0.4) is 0 Å². The highest BCUT2D eigenvalue weighted by Gasteiger charge is 2.23. The summed E-state index contributed by atoms with van der Waals surface area (Å²) in [5.74, 6) is 0. The number of nitrogens with one attached hydrogen (secondary N) is 1. The van der Waals surface area contributed by atoms with Gasteiger partial charge in [-0.1, -0.05) is 18.2 Å². The molecule has 0 aliphatic carbocycles. The molecule has 1 N–H and O–H groups in total. The van der Waals surface area contributed by atoms with Crippen LogP contribution in [0.4, 0.5) is 5.69 Å². The molecule has 3 nitrogen and oxygen atoms in total. The van der Waals surface area contributed by atoms with E-state index in [2.05, 4.69) is 30.4 Å². The summed E-state index contributed by atoms with van der Waals surface area (Å²) in [6, 6.07) is 14.8. The minimum Gasteiger partial charge on any atom is -0.456 e. The molecule has 3 heteroatoms. The van der Waals surface area contributed by atoms with E-state index in [0.717, 1.165) is 35.3 Å². The van der Waals surface area contributed by atoms with E-state index in [1.807, 2.05) is 24.3 Å². The summed E-state index contributed by atoms with van der Waals surface area (Å²) in [4.78, 5) is 0. The molecule has 2 atom stereocenters. The Morgan fingerprint density at radius 3 is 2.75 bits per heavy atom. The molecule has 102 valence electrons. The molecule has 0 spiro atoms. The molecule has 1 saturated heterocycles. The molecule has 1 fully saturated rings. The number of rotatable bonds is 2. The summed E-state index contributed by atoms with van der Waals surface area (Å²) >= 11 is 0. The lowest BCUT2D eigenvalue weighted by Gasteiger charge is -2.17. The number of furan rings is 1. The molecule has 2 aromatic carbocycles. The van der Waals surface area contributed by atoms with E-state index in [0.29, 0.717) is 6.04 Å². The summed E-state index contributed by atoms with van der Waals surface area (Å²) in [5, 5.41) is 5.90. The predicted octanol–water partition coefficient (Wildman–Crippen LogP) is 4.18. The second-order valence-corrected chi connectivity index (χ2v) is 5.42. The largest absolute Gasteiger partial charge is 0.456 e. The van der Waals surface area contributed by atoms with Crippen molar-refractivity contribution in [3.05, 3.63) is 42.5 Å². The molecule has 3 aromatic rings. The van der Waals surface area contributed by atoms with Gasteiger partial charge in [-0.2, -0.15) is 0 Å². The van der Waals surface area contributed by atoms with E-state index in [1.165, 1.54) is 5.39 Å². The number of fused-ring (bicyclic) bond motifs is 3. The highest BCUT2D eigenvalue weighted by atomic mass is 16.5. The molecular formula is C17H17NO2. The van der Waals surface area contributed by atoms with Gasteiger partial charge in [-0.05, 0) is 37.6 Å². The van der Waals surface area contributed by atoms with Gasteiger partial charge in [0.05, 0.1) is 12.1 Å². The lowest BCUT2D eigenvalue weighted by molar-refractivity contribution is 0.121. The van der Waals surface area contributed by atoms with Crippen molar-refractivity contribution in [2.75, 3.05) is 11.9 Å². The molecule has 0 saturated carbocycles. The monoisotopic (exact) mass is 267 g/mol. The van der Waals surface area contributed by atoms with E-state index in [1.54, 1.807) is 0 Å². The van der Waals surface area contributed by atoms with Gasteiger partial charge in [-0.25, -0.2) is 0 Å². The van der Waals surface area contributed by atoms with Gasteiger partial charge in [0.15, 0.2) is 0 Å². The third-order valence-corrected chi connectivity index (χ3v) is 4.11. The molecule has 1 aromatic heterocycles. The van der Waals surface area contributed by atoms with Crippen LogP contribution in [-0.2, 0) is 4.74 Å². The van der Waals surface area contributed by atoms with Crippen LogP contribution in [-0.4, -0.2) is 18.8 Å². The fraction of sp³-hybridized carbons (Fsp3) is 0.294. The Labute approximate surface area is 117 Å². The van der Waals surface area contributed by atoms with Gasteiger partial charge in [0.1, 0.15) is 11.2 Å². The summed E-state index contributed by atoms with van der Waals surface area (Å²) in [5.41, 5.74) is 3.01. The first kappa shape index (κ1) is 11.8. The number of para-hydroxylation sites is 1. The fourth-order valence-corrected chi connectivity index (χ4v) is 2.95. The van der Waals surface area contributed by atoms with E-state index < -0.39 is 0 Å². The molecule has 0 amide bonds. The van der Waals surface area contributed by atoms with Crippen LogP contribution < -0.4 is 5.32 Å². The van der Waals surface area contributed by atoms with E-state index in [-0.39, 0.29) is 6.10 Å². The Bertz CT molecular complexity index is 762. The third kappa shape index (κ3) is 1.86. The van der Waals surface area contributed by atoms with Crippen LogP contribution in [0.25, 0.3) is 21.9 Å². The first-order valence-corrected chi connectivity index (χ1v) is 7.11. The van der Waals surface area contributed by atoms with Crippen LogP contribution in [0.1, 0.15) is 13.3 Å². The number of ether oxygens (including phenoxy) is 1. The zero-order chi connectivity index (χ0) is 13.5. The van der Waals surface area contributed by atoms with Gasteiger partial charge < -0.3 is 14.5 Å². The van der Waals surface area contributed by atoms with Crippen molar-refractivity contribution in [3.63, 3.8) is 0 Å². The Balaban J connectivity index is 1.75. The van der Waals surface area contributed by atoms with Crippen LogP contribution in [0.15, 0.2) is 46.9 Å². The highest BCUT2D eigenvalue weighted by molar-refractivity contribution is 6.05. The zero-order valence-corrected chi connectivity index (χ0v) is 11.4. The summed E-state index contributed by atoms with van der Waals surface area (Å²) in [6.07, 6.45) is 1.33. The quantitative estimate of drug-likeness (QED) is 0.756. The summed E-state index contributed by atoms with van der Waals surface area (Å²) in [7, 11) is 0. The number of benzene rings is 2. The van der Waals surface area contributed by atoms with Gasteiger partial charge in [-0.15, -0.1) is 0 Å². The Morgan fingerprint density at radius 2 is 1.90 bits per heavy atom. The number of hydrogen-bond acceptors (Lipinski definition) is 3. The zero-order valence-electron chi connectivity index (χ0n) is 11.4. The lowest BCUT2D eigenvalue weighted by Crippen LogP contribution is -2.26. The van der Waals surface area contributed by atoms with Crippen molar-refractivity contribution >= 4 is 27.6 Å². The maximum atomic E-state index is 5.85. The van der Waals surface area contributed by atoms with Crippen LogP contribution in [0.5, 0.6) is 0 Å². The van der Waals surface area contributed by atoms with Crippen molar-refractivity contribution < 1.29 is 9.15 Å². The van der Waals surface area contributed by atoms with Gasteiger partial charge in [0.2, 0.25) is 0 Å². The van der Waals surface area contributed by atoms with Gasteiger partial charge in [0, 0.05) is 23.1 Å².